The third-order valence-corrected chi connectivity index (χ3v) is 2.92. The molecule has 0 unspecified atom stereocenters. The van der Waals surface area contributed by atoms with E-state index < -0.39 is 17.5 Å². The van der Waals surface area contributed by atoms with Crippen molar-refractivity contribution >= 4 is 17.5 Å². The molecule has 19 heavy (non-hydrogen) atoms. The van der Waals surface area contributed by atoms with Gasteiger partial charge >= 0.3 is 11.7 Å². The van der Waals surface area contributed by atoms with Crippen LogP contribution in [0.15, 0.2) is 30.3 Å². The second-order valence-corrected chi connectivity index (χ2v) is 4.21. The van der Waals surface area contributed by atoms with Crippen LogP contribution in [0.5, 0.6) is 0 Å². The Morgan fingerprint density at radius 2 is 1.95 bits per heavy atom. The zero-order valence-electron chi connectivity index (χ0n) is 11.0. The Labute approximate surface area is 111 Å². The van der Waals surface area contributed by atoms with E-state index in [9.17, 15) is 9.59 Å². The topological polar surface area (TPSA) is 79.8 Å². The Kier molecular flexibility index (Phi) is 5.64. The average molecular weight is 260 g/mol. The number of carbonyl (C=O) groups excluding carboxylic acids is 2. The third kappa shape index (κ3) is 4.16. The van der Waals surface area contributed by atoms with Crippen molar-refractivity contribution in [3.8, 4) is 0 Å². The molecular formula is C14H16N2O3. The zero-order chi connectivity index (χ0) is 14.3. The summed E-state index contributed by atoms with van der Waals surface area (Å²) < 4.78 is 4.37. The number of ether oxygens (including phenoxy) is 1. The number of Topliss-reactive ketones (excluding diaryl/α,β-unsaturated/α-hetero) is 1. The molecule has 0 aliphatic carbocycles. The number of carbonyl (C=O) groups is 2. The van der Waals surface area contributed by atoms with Gasteiger partial charge in [0.1, 0.15) is 0 Å². The van der Waals surface area contributed by atoms with Crippen LogP contribution < -0.4 is 0 Å². The van der Waals surface area contributed by atoms with E-state index in [1.54, 1.807) is 0 Å². The van der Waals surface area contributed by atoms with Crippen molar-refractivity contribution < 1.29 is 19.1 Å². The predicted molar refractivity (Wildman–Crippen MR) is 69.7 cm³/mol. The Bertz CT molecular complexity index is 505. The predicted octanol–water partition coefficient (Wildman–Crippen LogP) is 1.98. The number of methoxy groups -OCH3 is 1. The monoisotopic (exact) mass is 260 g/mol. The van der Waals surface area contributed by atoms with E-state index in [4.69, 9.17) is 5.53 Å². The van der Waals surface area contributed by atoms with Gasteiger partial charge in [-0.25, -0.2) is 4.79 Å². The molecule has 1 atom stereocenters. The summed E-state index contributed by atoms with van der Waals surface area (Å²) in [5.74, 6) is -1.25. The van der Waals surface area contributed by atoms with Crippen molar-refractivity contribution in [3.63, 3.8) is 0 Å². The minimum atomic E-state index is -0.917. The van der Waals surface area contributed by atoms with Crippen molar-refractivity contribution in [3.05, 3.63) is 41.4 Å². The zero-order valence-corrected chi connectivity index (χ0v) is 11.0. The standard InChI is InChI=1S/C14H16N2O3/c1-10(11-6-4-3-5-7-11)8-9-12(17)13(16-15)14(18)19-2/h3-7,10H,8-9H2,1-2H3/t10-/m1/s1. The van der Waals surface area contributed by atoms with Crippen molar-refractivity contribution in [2.24, 2.45) is 0 Å². The van der Waals surface area contributed by atoms with Crippen LogP contribution in [0.4, 0.5) is 0 Å². The van der Waals surface area contributed by atoms with Crippen molar-refractivity contribution in [1.29, 1.82) is 0 Å². The molecule has 1 aromatic carbocycles. The lowest BCUT2D eigenvalue weighted by atomic mass is 9.94. The molecule has 0 heterocycles. The smallest absolute Gasteiger partial charge is 0.441 e. The molecule has 0 radical (unpaired) electrons. The molecule has 5 nitrogen and oxygen atoms in total. The molecule has 5 heteroatoms. The number of rotatable bonds is 6. The van der Waals surface area contributed by atoms with Gasteiger partial charge in [0.2, 0.25) is 0 Å². The third-order valence-electron chi connectivity index (χ3n) is 2.92. The fraction of sp³-hybridized carbons (Fsp3) is 0.357. The van der Waals surface area contributed by atoms with Crippen LogP contribution in [-0.2, 0) is 14.3 Å². The quantitative estimate of drug-likeness (QED) is 0.258. The Morgan fingerprint density at radius 3 is 2.47 bits per heavy atom. The molecule has 0 aliphatic rings. The molecule has 100 valence electrons. The summed E-state index contributed by atoms with van der Waals surface area (Å²) in [6.07, 6.45) is 0.698. The molecule has 0 aliphatic heterocycles. The fourth-order valence-corrected chi connectivity index (χ4v) is 1.72. The van der Waals surface area contributed by atoms with Crippen molar-refractivity contribution in [2.75, 3.05) is 7.11 Å². The van der Waals surface area contributed by atoms with Gasteiger partial charge in [-0.1, -0.05) is 37.3 Å². The Balaban J connectivity index is 2.60. The first-order valence-corrected chi connectivity index (χ1v) is 5.98. The molecule has 0 saturated carbocycles. The molecule has 0 amide bonds. The molecule has 0 aromatic heterocycles. The number of nitrogens with zero attached hydrogens (tertiary/aromatic N) is 2. The maximum absolute atomic E-state index is 11.7. The highest BCUT2D eigenvalue weighted by atomic mass is 16.5. The maximum Gasteiger partial charge on any atom is 0.441 e. The molecule has 0 N–H and O–H groups in total. The van der Waals surface area contributed by atoms with Crippen LogP contribution >= 0.6 is 0 Å². The second kappa shape index (κ2) is 7.24. The summed E-state index contributed by atoms with van der Waals surface area (Å²) in [7, 11) is 1.13. The van der Waals surface area contributed by atoms with E-state index in [0.29, 0.717) is 6.42 Å². The Hall–Kier alpha value is -2.26. The summed E-state index contributed by atoms with van der Waals surface area (Å²) >= 11 is 0. The lowest BCUT2D eigenvalue weighted by Gasteiger charge is -2.09. The van der Waals surface area contributed by atoms with E-state index in [1.807, 2.05) is 37.3 Å². The van der Waals surface area contributed by atoms with E-state index in [0.717, 1.165) is 12.7 Å². The Morgan fingerprint density at radius 1 is 1.32 bits per heavy atom. The first-order valence-electron chi connectivity index (χ1n) is 5.98. The maximum atomic E-state index is 11.7. The first kappa shape index (κ1) is 14.8. The number of esters is 1. The molecule has 0 saturated heterocycles. The SMILES string of the molecule is COC(=O)C(=[N+]=[N-])C(=O)CC[C@@H](C)c1ccccc1. The van der Waals surface area contributed by atoms with Gasteiger partial charge in [-0.2, -0.15) is 4.79 Å². The second-order valence-electron chi connectivity index (χ2n) is 4.21. The summed E-state index contributed by atoms with van der Waals surface area (Å²) in [6.45, 7) is 2.00. The highest BCUT2D eigenvalue weighted by Gasteiger charge is 2.30. The highest BCUT2D eigenvalue weighted by molar-refractivity contribution is 6.62. The van der Waals surface area contributed by atoms with Gasteiger partial charge in [-0.15, -0.1) is 0 Å². The first-order chi connectivity index (χ1) is 9.10. The number of hydrogen-bond donors (Lipinski definition) is 0. The van der Waals surface area contributed by atoms with Gasteiger partial charge < -0.3 is 10.3 Å². The number of benzene rings is 1. The van der Waals surface area contributed by atoms with Crippen molar-refractivity contribution in [1.82, 2.24) is 0 Å². The van der Waals surface area contributed by atoms with Gasteiger partial charge in [0.25, 0.3) is 5.78 Å². The van der Waals surface area contributed by atoms with Gasteiger partial charge in [0.15, 0.2) is 0 Å². The minimum absolute atomic E-state index is 0.130. The summed E-state index contributed by atoms with van der Waals surface area (Å²) in [5.41, 5.74) is 9.21. The van der Waals surface area contributed by atoms with Crippen molar-refractivity contribution in [2.45, 2.75) is 25.7 Å². The molecule has 0 bridgehead atoms. The van der Waals surface area contributed by atoms with Gasteiger partial charge in [0.05, 0.1) is 7.11 Å². The van der Waals surface area contributed by atoms with E-state index >= 15 is 0 Å². The summed E-state index contributed by atoms with van der Waals surface area (Å²) in [5, 5.41) is 0. The molecule has 1 aromatic rings. The lowest BCUT2D eigenvalue weighted by Crippen LogP contribution is -2.26. The lowest BCUT2D eigenvalue weighted by molar-refractivity contribution is -0.139. The number of ketones is 1. The van der Waals surface area contributed by atoms with Crippen LogP contribution in [-0.4, -0.2) is 29.4 Å². The normalized spacial score (nSPS) is 11.3. The van der Waals surface area contributed by atoms with Gasteiger partial charge in [-0.05, 0) is 17.9 Å². The summed E-state index contributed by atoms with van der Waals surface area (Å²) in [4.78, 5) is 25.6. The van der Waals surface area contributed by atoms with E-state index in [1.165, 1.54) is 0 Å². The summed E-state index contributed by atoms with van der Waals surface area (Å²) in [6, 6.07) is 9.76. The molecule has 0 spiro atoms. The minimum Gasteiger partial charge on any atom is -0.460 e. The van der Waals surface area contributed by atoms with E-state index in [-0.39, 0.29) is 12.3 Å². The fourth-order valence-electron chi connectivity index (χ4n) is 1.72. The van der Waals surface area contributed by atoms with Gasteiger partial charge in [0, 0.05) is 6.42 Å². The largest absolute Gasteiger partial charge is 0.460 e. The van der Waals surface area contributed by atoms with Crippen LogP contribution in [0.1, 0.15) is 31.2 Å². The molecule has 1 rings (SSSR count). The highest BCUT2D eigenvalue weighted by Crippen LogP contribution is 2.20. The van der Waals surface area contributed by atoms with Crippen LogP contribution in [0.25, 0.3) is 5.53 Å². The number of hydrogen-bond acceptors (Lipinski definition) is 3. The van der Waals surface area contributed by atoms with Gasteiger partial charge in [-0.3, -0.25) is 4.79 Å². The molecule has 0 fully saturated rings. The van der Waals surface area contributed by atoms with Crippen LogP contribution in [0, 0.1) is 0 Å². The van der Waals surface area contributed by atoms with Crippen LogP contribution in [0.2, 0.25) is 0 Å². The molecular weight excluding hydrogens is 244 g/mol. The van der Waals surface area contributed by atoms with Crippen LogP contribution in [0.3, 0.4) is 0 Å². The average Bonchev–Trinajstić information content (AvgIpc) is 2.46. The van der Waals surface area contributed by atoms with E-state index in [2.05, 4.69) is 9.53 Å².